The Morgan fingerprint density at radius 3 is 2.80 bits per heavy atom. The van der Waals surface area contributed by atoms with Crippen molar-refractivity contribution >= 4 is 34.2 Å². The zero-order chi connectivity index (χ0) is 13.9. The van der Waals surface area contributed by atoms with Gasteiger partial charge in [0.1, 0.15) is 5.82 Å². The molecule has 0 aliphatic rings. The smallest absolute Gasteiger partial charge is 0.257 e. The van der Waals surface area contributed by atoms with Crippen LogP contribution >= 0.6 is 11.6 Å². The molecule has 0 aliphatic heterocycles. The van der Waals surface area contributed by atoms with E-state index in [9.17, 15) is 4.79 Å². The van der Waals surface area contributed by atoms with E-state index < -0.39 is 0 Å². The second kappa shape index (κ2) is 5.22. The topological polar surface area (TPSA) is 67.8 Å². The zero-order valence-electron chi connectivity index (χ0n) is 10.2. The Kier molecular flexibility index (Phi) is 3.26. The van der Waals surface area contributed by atoms with E-state index in [4.69, 9.17) is 11.6 Å². The second-order valence-corrected chi connectivity index (χ2v) is 4.38. The minimum Gasteiger partial charge on any atom is -0.306 e. The van der Waals surface area contributed by atoms with Crippen LogP contribution in [-0.2, 0) is 0 Å². The van der Waals surface area contributed by atoms with Gasteiger partial charge in [-0.2, -0.15) is 0 Å². The van der Waals surface area contributed by atoms with E-state index in [0.29, 0.717) is 11.4 Å². The van der Waals surface area contributed by atoms with Crippen molar-refractivity contribution < 1.29 is 4.79 Å². The first-order valence-corrected chi connectivity index (χ1v) is 6.25. The predicted octanol–water partition coefficient (Wildman–Crippen LogP) is 2.93. The van der Waals surface area contributed by atoms with E-state index in [-0.39, 0.29) is 11.2 Å². The summed E-state index contributed by atoms with van der Waals surface area (Å²) in [5.74, 6) is 0.0919. The molecule has 1 N–H and O–H groups in total. The van der Waals surface area contributed by atoms with Gasteiger partial charge in [-0.25, -0.2) is 9.97 Å². The maximum absolute atomic E-state index is 12.3. The van der Waals surface area contributed by atoms with E-state index in [1.807, 2.05) is 12.1 Å². The minimum absolute atomic E-state index is 0.0855. The summed E-state index contributed by atoms with van der Waals surface area (Å²) in [7, 11) is 0. The molecule has 2 aromatic heterocycles. The lowest BCUT2D eigenvalue weighted by Crippen LogP contribution is -2.13. The molecule has 98 valence electrons. The average molecular weight is 285 g/mol. The van der Waals surface area contributed by atoms with Crippen LogP contribution in [-0.4, -0.2) is 20.9 Å². The zero-order valence-corrected chi connectivity index (χ0v) is 11.0. The number of nitrogens with one attached hydrogen (secondary N) is 1. The lowest BCUT2D eigenvalue weighted by molar-refractivity contribution is 0.102. The molecule has 20 heavy (non-hydrogen) atoms. The first-order valence-electron chi connectivity index (χ1n) is 5.88. The van der Waals surface area contributed by atoms with Crippen LogP contribution in [0.25, 0.3) is 10.9 Å². The largest absolute Gasteiger partial charge is 0.306 e. The molecule has 2 heterocycles. The SMILES string of the molecule is O=C(Nc1ccnc(Cl)n1)c1cccc2ncccc12. The molecule has 3 aromatic rings. The first-order chi connectivity index (χ1) is 9.74. The van der Waals surface area contributed by atoms with Gasteiger partial charge in [0, 0.05) is 23.3 Å². The summed E-state index contributed by atoms with van der Waals surface area (Å²) in [6, 6.07) is 10.6. The number of rotatable bonds is 2. The maximum atomic E-state index is 12.3. The maximum Gasteiger partial charge on any atom is 0.257 e. The van der Waals surface area contributed by atoms with Crippen molar-refractivity contribution in [2.45, 2.75) is 0 Å². The summed E-state index contributed by atoms with van der Waals surface area (Å²) >= 11 is 5.69. The summed E-state index contributed by atoms with van der Waals surface area (Å²) in [5.41, 5.74) is 1.30. The lowest BCUT2D eigenvalue weighted by atomic mass is 10.1. The third kappa shape index (κ3) is 2.44. The fourth-order valence-electron chi connectivity index (χ4n) is 1.89. The number of carbonyl (C=O) groups is 1. The van der Waals surface area contributed by atoms with E-state index >= 15 is 0 Å². The monoisotopic (exact) mass is 284 g/mol. The minimum atomic E-state index is -0.265. The van der Waals surface area contributed by atoms with E-state index in [2.05, 4.69) is 20.3 Å². The molecule has 0 bridgehead atoms. The number of hydrogen-bond donors (Lipinski definition) is 1. The number of halogens is 1. The van der Waals surface area contributed by atoms with Crippen molar-refractivity contribution in [3.05, 3.63) is 59.6 Å². The number of aromatic nitrogens is 3. The number of benzene rings is 1. The summed E-state index contributed by atoms with van der Waals surface area (Å²) < 4.78 is 0. The van der Waals surface area contributed by atoms with E-state index in [0.717, 1.165) is 10.9 Å². The Morgan fingerprint density at radius 1 is 1.05 bits per heavy atom. The Balaban J connectivity index is 1.97. The van der Waals surface area contributed by atoms with Crippen LogP contribution in [0.2, 0.25) is 5.28 Å². The predicted molar refractivity (Wildman–Crippen MR) is 76.7 cm³/mol. The van der Waals surface area contributed by atoms with Gasteiger partial charge in [-0.3, -0.25) is 9.78 Å². The molecular formula is C14H9ClN4O. The highest BCUT2D eigenvalue weighted by molar-refractivity contribution is 6.28. The highest BCUT2D eigenvalue weighted by Gasteiger charge is 2.11. The van der Waals surface area contributed by atoms with Gasteiger partial charge in [0.25, 0.3) is 5.91 Å². The Labute approximate surface area is 119 Å². The molecule has 0 saturated carbocycles. The number of nitrogens with zero attached hydrogens (tertiary/aromatic N) is 3. The quantitative estimate of drug-likeness (QED) is 0.735. The van der Waals surface area contributed by atoms with Crippen LogP contribution in [0.15, 0.2) is 48.8 Å². The van der Waals surface area contributed by atoms with Crippen molar-refractivity contribution in [2.24, 2.45) is 0 Å². The molecule has 0 aliphatic carbocycles. The van der Waals surface area contributed by atoms with Gasteiger partial charge in [-0.1, -0.05) is 12.1 Å². The van der Waals surface area contributed by atoms with Gasteiger partial charge in [-0.05, 0) is 35.9 Å². The number of carbonyl (C=O) groups excluding carboxylic acids is 1. The van der Waals surface area contributed by atoms with Crippen LogP contribution in [0, 0.1) is 0 Å². The lowest BCUT2D eigenvalue weighted by Gasteiger charge is -2.07. The molecular weight excluding hydrogens is 276 g/mol. The highest BCUT2D eigenvalue weighted by Crippen LogP contribution is 2.17. The van der Waals surface area contributed by atoms with Crippen molar-refractivity contribution in [3.63, 3.8) is 0 Å². The summed E-state index contributed by atoms with van der Waals surface area (Å²) in [6.45, 7) is 0. The number of anilines is 1. The third-order valence-corrected chi connectivity index (χ3v) is 2.94. The first kappa shape index (κ1) is 12.5. The van der Waals surface area contributed by atoms with Gasteiger partial charge >= 0.3 is 0 Å². The molecule has 1 aromatic carbocycles. The highest BCUT2D eigenvalue weighted by atomic mass is 35.5. The van der Waals surface area contributed by atoms with Crippen molar-refractivity contribution in [2.75, 3.05) is 5.32 Å². The Morgan fingerprint density at radius 2 is 1.95 bits per heavy atom. The van der Waals surface area contributed by atoms with Gasteiger partial charge < -0.3 is 5.32 Å². The van der Waals surface area contributed by atoms with Crippen LogP contribution in [0.4, 0.5) is 5.82 Å². The molecule has 1 amide bonds. The molecule has 0 saturated heterocycles. The Bertz CT molecular complexity index is 785. The summed E-state index contributed by atoms with van der Waals surface area (Å²) in [5, 5.41) is 3.56. The van der Waals surface area contributed by atoms with Crippen LogP contribution < -0.4 is 5.32 Å². The number of hydrogen-bond acceptors (Lipinski definition) is 4. The summed E-state index contributed by atoms with van der Waals surface area (Å²) in [4.78, 5) is 24.2. The second-order valence-electron chi connectivity index (χ2n) is 4.04. The van der Waals surface area contributed by atoms with E-state index in [1.165, 1.54) is 6.20 Å². The van der Waals surface area contributed by atoms with Gasteiger partial charge in [0.2, 0.25) is 5.28 Å². The van der Waals surface area contributed by atoms with Crippen molar-refractivity contribution in [1.29, 1.82) is 0 Å². The van der Waals surface area contributed by atoms with Gasteiger partial charge in [0.15, 0.2) is 0 Å². The van der Waals surface area contributed by atoms with E-state index in [1.54, 1.807) is 30.5 Å². The third-order valence-electron chi connectivity index (χ3n) is 2.76. The molecule has 0 fully saturated rings. The number of fused-ring (bicyclic) bond motifs is 1. The fourth-order valence-corrected chi connectivity index (χ4v) is 2.04. The number of amides is 1. The van der Waals surface area contributed by atoms with Crippen LogP contribution in [0.3, 0.4) is 0 Å². The van der Waals surface area contributed by atoms with Crippen molar-refractivity contribution in [1.82, 2.24) is 15.0 Å². The van der Waals surface area contributed by atoms with Gasteiger partial charge in [-0.15, -0.1) is 0 Å². The summed E-state index contributed by atoms with van der Waals surface area (Å²) in [6.07, 6.45) is 3.17. The van der Waals surface area contributed by atoms with Gasteiger partial charge in [0.05, 0.1) is 5.52 Å². The molecule has 0 unspecified atom stereocenters. The molecule has 5 nitrogen and oxygen atoms in total. The fraction of sp³-hybridized carbons (Fsp3) is 0. The Hall–Kier alpha value is -2.53. The molecule has 3 rings (SSSR count). The average Bonchev–Trinajstić information content (AvgIpc) is 2.46. The molecule has 0 radical (unpaired) electrons. The van der Waals surface area contributed by atoms with Crippen LogP contribution in [0.1, 0.15) is 10.4 Å². The molecule has 0 atom stereocenters. The molecule has 6 heteroatoms. The normalized spacial score (nSPS) is 10.4. The van der Waals surface area contributed by atoms with Crippen LogP contribution in [0.5, 0.6) is 0 Å². The molecule has 0 spiro atoms. The number of pyridine rings is 1. The van der Waals surface area contributed by atoms with Crippen molar-refractivity contribution in [3.8, 4) is 0 Å². The standard InChI is InChI=1S/C14H9ClN4O/c15-14-17-8-6-12(19-14)18-13(20)10-3-1-5-11-9(10)4-2-7-16-11/h1-8H,(H,17,18,19,20).